The summed E-state index contributed by atoms with van der Waals surface area (Å²) in [6.07, 6.45) is 8.37. The highest BCUT2D eigenvalue weighted by molar-refractivity contribution is 6.13. The topological polar surface area (TPSA) is 135 Å². The second-order valence-corrected chi connectivity index (χ2v) is 6.21. The molecule has 1 aromatic rings. The van der Waals surface area contributed by atoms with E-state index in [2.05, 4.69) is 15.5 Å². The number of fused-ring (bicyclic) bond motifs is 1. The van der Waals surface area contributed by atoms with E-state index in [1.165, 1.54) is 12.1 Å². The molecule has 0 saturated carbocycles. The van der Waals surface area contributed by atoms with E-state index < -0.39 is 17.6 Å². The summed E-state index contributed by atoms with van der Waals surface area (Å²) in [5.74, 6) is -1.07. The minimum absolute atomic E-state index is 0.00250. The van der Waals surface area contributed by atoms with Crippen LogP contribution in [0.1, 0.15) is 23.2 Å². The zero-order valence-electron chi connectivity index (χ0n) is 14.6. The van der Waals surface area contributed by atoms with Crippen LogP contribution in [0.25, 0.3) is 0 Å². The average molecular weight is 381 g/mol. The van der Waals surface area contributed by atoms with Crippen molar-refractivity contribution in [2.75, 3.05) is 6.54 Å². The Labute approximate surface area is 159 Å². The van der Waals surface area contributed by atoms with Crippen molar-refractivity contribution in [3.63, 3.8) is 0 Å². The molecule has 1 unspecified atom stereocenters. The lowest BCUT2D eigenvalue weighted by Crippen LogP contribution is -2.15. The molecule has 0 radical (unpaired) electrons. The van der Waals surface area contributed by atoms with Gasteiger partial charge in [0.2, 0.25) is 0 Å². The Morgan fingerprint density at radius 1 is 1.14 bits per heavy atom. The maximum atomic E-state index is 12.7. The van der Waals surface area contributed by atoms with Gasteiger partial charge in [-0.1, -0.05) is 22.9 Å². The number of Topliss-reactive ketones (excluding diaryl/α,β-unsaturated/α-hetero) is 1. The van der Waals surface area contributed by atoms with Crippen molar-refractivity contribution in [2.45, 2.75) is 18.9 Å². The smallest absolute Gasteiger partial charge is 0.198 e. The maximum Gasteiger partial charge on any atom is 0.198 e. The molecule has 1 aromatic carbocycles. The molecule has 1 aliphatic heterocycles. The van der Waals surface area contributed by atoms with Gasteiger partial charge in [0.05, 0.1) is 0 Å². The van der Waals surface area contributed by atoms with Crippen LogP contribution in [0.15, 0.2) is 74.9 Å². The number of hydrogen-bond donors (Lipinski definition) is 1. The summed E-state index contributed by atoms with van der Waals surface area (Å²) in [5, 5.41) is 18.6. The van der Waals surface area contributed by atoms with Gasteiger partial charge in [-0.15, -0.1) is 9.81 Å². The van der Waals surface area contributed by atoms with E-state index in [1.807, 2.05) is 0 Å². The van der Waals surface area contributed by atoms with Crippen molar-refractivity contribution in [3.8, 4) is 11.5 Å². The van der Waals surface area contributed by atoms with Crippen molar-refractivity contribution in [3.05, 3.63) is 79.6 Å². The van der Waals surface area contributed by atoms with Crippen LogP contribution in [0, 0.1) is 14.7 Å². The SMILES string of the molecule is O=NCC1=CC(CC2=CC=C(N=O)C=CC2)Oc2cc(N=O)cc(O)c2C1=O. The molecule has 9 nitrogen and oxygen atoms in total. The van der Waals surface area contributed by atoms with Gasteiger partial charge in [0.1, 0.15) is 41.1 Å². The van der Waals surface area contributed by atoms with Crippen molar-refractivity contribution < 1.29 is 14.6 Å². The number of allylic oxidation sites excluding steroid dienone is 4. The number of nitrogens with zero attached hydrogens (tertiary/aromatic N) is 3. The molecular weight excluding hydrogens is 366 g/mol. The number of hydrogen-bond acceptors (Lipinski definition) is 9. The summed E-state index contributed by atoms with van der Waals surface area (Å²) in [5.41, 5.74) is 1.01. The Bertz CT molecular complexity index is 974. The molecule has 0 fully saturated rings. The molecule has 0 amide bonds. The van der Waals surface area contributed by atoms with Crippen molar-refractivity contribution in [1.82, 2.24) is 0 Å². The fourth-order valence-corrected chi connectivity index (χ4v) is 3.04. The van der Waals surface area contributed by atoms with Crippen molar-refractivity contribution in [2.24, 2.45) is 15.5 Å². The quantitative estimate of drug-likeness (QED) is 0.728. The number of carbonyl (C=O) groups is 1. The molecule has 0 bridgehead atoms. The fraction of sp³-hybridized carbons (Fsp3) is 0.211. The van der Waals surface area contributed by atoms with E-state index in [-0.39, 0.29) is 34.8 Å². The Balaban J connectivity index is 1.99. The van der Waals surface area contributed by atoms with Gasteiger partial charge in [0, 0.05) is 24.1 Å². The van der Waals surface area contributed by atoms with Gasteiger partial charge in [-0.3, -0.25) is 4.79 Å². The molecule has 3 rings (SSSR count). The van der Waals surface area contributed by atoms with E-state index in [0.717, 1.165) is 11.6 Å². The highest BCUT2D eigenvalue weighted by atomic mass is 16.5. The summed E-state index contributed by atoms with van der Waals surface area (Å²) >= 11 is 0. The van der Waals surface area contributed by atoms with Gasteiger partial charge >= 0.3 is 0 Å². The van der Waals surface area contributed by atoms with Gasteiger partial charge in [-0.05, 0) is 35.0 Å². The summed E-state index contributed by atoms with van der Waals surface area (Å²) in [7, 11) is 0. The second kappa shape index (κ2) is 8.30. The minimum Gasteiger partial charge on any atom is -0.507 e. The van der Waals surface area contributed by atoms with Crippen LogP contribution < -0.4 is 4.74 Å². The molecule has 1 N–H and O–H groups in total. The number of phenols is 1. The largest absolute Gasteiger partial charge is 0.507 e. The fourth-order valence-electron chi connectivity index (χ4n) is 3.04. The first-order valence-corrected chi connectivity index (χ1v) is 8.37. The van der Waals surface area contributed by atoms with Crippen LogP contribution >= 0.6 is 0 Å². The third kappa shape index (κ3) is 3.98. The van der Waals surface area contributed by atoms with Gasteiger partial charge in [0.25, 0.3) is 0 Å². The zero-order valence-corrected chi connectivity index (χ0v) is 14.6. The van der Waals surface area contributed by atoms with Gasteiger partial charge < -0.3 is 9.84 Å². The summed E-state index contributed by atoms with van der Waals surface area (Å²) in [6.45, 7) is -0.386. The van der Waals surface area contributed by atoms with E-state index >= 15 is 0 Å². The normalized spacial score (nSPS) is 18.5. The van der Waals surface area contributed by atoms with Gasteiger partial charge in [0.15, 0.2) is 5.78 Å². The molecule has 142 valence electrons. The molecule has 0 aromatic heterocycles. The average Bonchev–Trinajstić information content (AvgIpc) is 2.98. The Morgan fingerprint density at radius 3 is 2.68 bits per heavy atom. The number of aromatic hydroxyl groups is 1. The van der Waals surface area contributed by atoms with Crippen LogP contribution in [0.2, 0.25) is 0 Å². The Hall–Kier alpha value is -3.75. The number of rotatable bonds is 6. The number of nitroso groups, excluding NO2 is 3. The molecule has 9 heteroatoms. The second-order valence-electron chi connectivity index (χ2n) is 6.21. The van der Waals surface area contributed by atoms with Gasteiger partial charge in [-0.25, -0.2) is 0 Å². The number of ether oxygens (including phenoxy) is 1. The van der Waals surface area contributed by atoms with E-state index in [0.29, 0.717) is 12.8 Å². The Morgan fingerprint density at radius 2 is 1.96 bits per heavy atom. The number of phenolic OH excluding ortho intramolecular Hbond substituents is 1. The Kier molecular flexibility index (Phi) is 5.64. The summed E-state index contributed by atoms with van der Waals surface area (Å²) < 4.78 is 5.85. The van der Waals surface area contributed by atoms with Gasteiger partial charge in [-0.2, -0.15) is 4.91 Å². The van der Waals surface area contributed by atoms with Crippen LogP contribution in [-0.2, 0) is 0 Å². The summed E-state index contributed by atoms with van der Waals surface area (Å²) in [4.78, 5) is 45.0. The lowest BCUT2D eigenvalue weighted by Gasteiger charge is -2.17. The highest BCUT2D eigenvalue weighted by Crippen LogP contribution is 2.38. The molecule has 0 spiro atoms. The monoisotopic (exact) mass is 381 g/mol. The highest BCUT2D eigenvalue weighted by Gasteiger charge is 2.29. The molecule has 1 heterocycles. The molecule has 1 atom stereocenters. The molecule has 28 heavy (non-hydrogen) atoms. The van der Waals surface area contributed by atoms with Crippen LogP contribution in [0.5, 0.6) is 11.5 Å². The number of ketones is 1. The maximum absolute atomic E-state index is 12.7. The van der Waals surface area contributed by atoms with Crippen LogP contribution in [0.3, 0.4) is 0 Å². The first-order chi connectivity index (χ1) is 13.5. The third-order valence-electron chi connectivity index (χ3n) is 4.32. The van der Waals surface area contributed by atoms with Crippen molar-refractivity contribution >= 4 is 11.5 Å². The van der Waals surface area contributed by atoms with E-state index in [1.54, 1.807) is 24.3 Å². The van der Waals surface area contributed by atoms with E-state index in [9.17, 15) is 24.6 Å². The van der Waals surface area contributed by atoms with Crippen LogP contribution in [-0.4, -0.2) is 23.5 Å². The molecule has 0 saturated heterocycles. The number of benzene rings is 1. The van der Waals surface area contributed by atoms with Crippen molar-refractivity contribution in [1.29, 1.82) is 0 Å². The number of carbonyl (C=O) groups excluding carboxylic acids is 1. The zero-order chi connectivity index (χ0) is 20.1. The van der Waals surface area contributed by atoms with E-state index in [4.69, 9.17) is 4.74 Å². The first-order valence-electron chi connectivity index (χ1n) is 8.37. The minimum atomic E-state index is -0.665. The first kappa shape index (κ1) is 19.0. The molecule has 1 aliphatic carbocycles. The lowest BCUT2D eigenvalue weighted by molar-refractivity contribution is 0.103. The molecular formula is C19H15N3O6. The predicted octanol–water partition coefficient (Wildman–Crippen LogP) is 4.35. The summed E-state index contributed by atoms with van der Waals surface area (Å²) in [6, 6.07) is 2.31. The third-order valence-corrected chi connectivity index (χ3v) is 4.32. The standard InChI is InChI=1S/C19H15N3O6/c23-16-8-14(22-27)9-17-18(16)19(24)12(10-20-25)7-15(28-17)6-11-2-1-3-13(21-26)5-4-11/h1,3-5,7-9,15,23H,2,6,10H2. The lowest BCUT2D eigenvalue weighted by atomic mass is 9.99. The van der Waals surface area contributed by atoms with Crippen LogP contribution in [0.4, 0.5) is 5.69 Å². The molecule has 2 aliphatic rings. The predicted molar refractivity (Wildman–Crippen MR) is 101 cm³/mol.